The van der Waals surface area contributed by atoms with Crippen molar-refractivity contribution < 1.29 is 19.1 Å². The predicted molar refractivity (Wildman–Crippen MR) is 51.6 cm³/mol. The number of methoxy groups -OCH3 is 2. The summed E-state index contributed by atoms with van der Waals surface area (Å²) in [4.78, 5) is 21.3. The number of carbonyl (C=O) groups is 2. The van der Waals surface area contributed by atoms with Crippen LogP contribution in [-0.2, 0) is 19.1 Å². The maximum absolute atomic E-state index is 10.7. The van der Waals surface area contributed by atoms with E-state index in [0.717, 1.165) is 19.3 Å². The van der Waals surface area contributed by atoms with Crippen LogP contribution in [-0.4, -0.2) is 26.2 Å². The van der Waals surface area contributed by atoms with E-state index in [1.54, 1.807) is 6.08 Å². The minimum atomic E-state index is -0.349. The Balaban J connectivity index is 3.33. The Hall–Kier alpha value is -1.32. The van der Waals surface area contributed by atoms with Gasteiger partial charge < -0.3 is 9.47 Å². The molecule has 0 radical (unpaired) electrons. The summed E-state index contributed by atoms with van der Waals surface area (Å²) in [5, 5.41) is 0. The van der Waals surface area contributed by atoms with Gasteiger partial charge in [-0.1, -0.05) is 6.08 Å². The van der Waals surface area contributed by atoms with Crippen molar-refractivity contribution in [3.05, 3.63) is 12.2 Å². The molecule has 0 aromatic carbocycles. The van der Waals surface area contributed by atoms with Gasteiger partial charge in [-0.05, 0) is 19.3 Å². The molecule has 0 aliphatic rings. The Morgan fingerprint density at radius 1 is 1.14 bits per heavy atom. The summed E-state index contributed by atoms with van der Waals surface area (Å²) in [7, 11) is 2.71. The van der Waals surface area contributed by atoms with E-state index < -0.39 is 0 Å². The lowest BCUT2D eigenvalue weighted by atomic mass is 10.2. The molecule has 0 bridgehead atoms. The number of rotatable bonds is 6. The van der Waals surface area contributed by atoms with Crippen LogP contribution in [0, 0.1) is 0 Å². The number of hydrogen-bond acceptors (Lipinski definition) is 4. The third-order valence-corrected chi connectivity index (χ3v) is 1.68. The second-order valence-electron chi connectivity index (χ2n) is 2.75. The molecule has 4 nitrogen and oxygen atoms in total. The molecule has 0 heterocycles. The van der Waals surface area contributed by atoms with Crippen LogP contribution < -0.4 is 0 Å². The molecule has 0 amide bonds. The van der Waals surface area contributed by atoms with Crippen molar-refractivity contribution in [2.45, 2.75) is 25.7 Å². The van der Waals surface area contributed by atoms with Gasteiger partial charge in [0.1, 0.15) is 0 Å². The molecule has 0 saturated carbocycles. The summed E-state index contributed by atoms with van der Waals surface area (Å²) in [5.41, 5.74) is 0. The second kappa shape index (κ2) is 8.29. The number of hydrogen-bond donors (Lipinski definition) is 0. The van der Waals surface area contributed by atoms with Crippen molar-refractivity contribution in [2.75, 3.05) is 14.2 Å². The van der Waals surface area contributed by atoms with Crippen molar-refractivity contribution in [1.29, 1.82) is 0 Å². The zero-order chi connectivity index (χ0) is 10.8. The van der Waals surface area contributed by atoms with Gasteiger partial charge in [0.05, 0.1) is 14.2 Å². The molecule has 0 aliphatic carbocycles. The molecule has 0 rings (SSSR count). The van der Waals surface area contributed by atoms with E-state index in [-0.39, 0.29) is 11.9 Å². The summed E-state index contributed by atoms with van der Waals surface area (Å²) < 4.78 is 8.89. The maximum Gasteiger partial charge on any atom is 0.330 e. The van der Waals surface area contributed by atoms with Crippen molar-refractivity contribution in [2.24, 2.45) is 0 Å². The maximum atomic E-state index is 10.7. The lowest BCUT2D eigenvalue weighted by Crippen LogP contribution is -1.99. The van der Waals surface area contributed by atoms with Crippen LogP contribution in [0.3, 0.4) is 0 Å². The molecular formula is C10H16O4. The zero-order valence-corrected chi connectivity index (χ0v) is 8.62. The first kappa shape index (κ1) is 12.7. The molecule has 80 valence electrons. The molecule has 14 heavy (non-hydrogen) atoms. The number of ether oxygens (including phenoxy) is 2. The van der Waals surface area contributed by atoms with E-state index in [4.69, 9.17) is 0 Å². The quantitative estimate of drug-likeness (QED) is 0.370. The highest BCUT2D eigenvalue weighted by Crippen LogP contribution is 2.01. The van der Waals surface area contributed by atoms with E-state index in [1.165, 1.54) is 20.3 Å². The standard InChI is InChI=1S/C10H16O4/c1-13-9(11)7-5-3-4-6-8-10(12)14-2/h5,7H,3-4,6,8H2,1-2H3/b7-5+. The Morgan fingerprint density at radius 3 is 2.43 bits per heavy atom. The number of carbonyl (C=O) groups excluding carboxylic acids is 2. The summed E-state index contributed by atoms with van der Waals surface area (Å²) >= 11 is 0. The Morgan fingerprint density at radius 2 is 1.86 bits per heavy atom. The average molecular weight is 200 g/mol. The first-order valence-electron chi connectivity index (χ1n) is 4.52. The molecule has 0 aliphatic heterocycles. The fourth-order valence-electron chi connectivity index (χ4n) is 0.881. The van der Waals surface area contributed by atoms with Gasteiger partial charge in [0, 0.05) is 12.5 Å². The molecule has 4 heteroatoms. The second-order valence-corrected chi connectivity index (χ2v) is 2.75. The SMILES string of the molecule is COC(=O)/C=C/CCCCC(=O)OC. The lowest BCUT2D eigenvalue weighted by Gasteiger charge is -1.96. The van der Waals surface area contributed by atoms with Crippen molar-refractivity contribution in [3.63, 3.8) is 0 Å². The molecule has 0 aromatic rings. The van der Waals surface area contributed by atoms with Crippen LogP contribution in [0.25, 0.3) is 0 Å². The number of esters is 2. The normalized spacial score (nSPS) is 10.1. The largest absolute Gasteiger partial charge is 0.469 e. The smallest absolute Gasteiger partial charge is 0.330 e. The van der Waals surface area contributed by atoms with Crippen LogP contribution in [0.4, 0.5) is 0 Å². The van der Waals surface area contributed by atoms with Crippen molar-refractivity contribution >= 4 is 11.9 Å². The average Bonchev–Trinajstić information content (AvgIpc) is 2.22. The predicted octanol–water partition coefficient (Wildman–Crippen LogP) is 1.45. The van der Waals surface area contributed by atoms with Crippen LogP contribution >= 0.6 is 0 Å². The van der Waals surface area contributed by atoms with E-state index in [1.807, 2.05) is 0 Å². The van der Waals surface area contributed by atoms with E-state index in [0.29, 0.717) is 6.42 Å². The highest BCUT2D eigenvalue weighted by Gasteiger charge is 1.97. The van der Waals surface area contributed by atoms with E-state index >= 15 is 0 Å². The molecule has 0 unspecified atom stereocenters. The monoisotopic (exact) mass is 200 g/mol. The van der Waals surface area contributed by atoms with Crippen LogP contribution in [0.2, 0.25) is 0 Å². The van der Waals surface area contributed by atoms with Crippen molar-refractivity contribution in [3.8, 4) is 0 Å². The first-order chi connectivity index (χ1) is 6.70. The van der Waals surface area contributed by atoms with E-state index in [9.17, 15) is 9.59 Å². The van der Waals surface area contributed by atoms with Crippen LogP contribution in [0.1, 0.15) is 25.7 Å². The third kappa shape index (κ3) is 7.34. The number of unbranched alkanes of at least 4 members (excludes halogenated alkanes) is 2. The van der Waals surface area contributed by atoms with Gasteiger partial charge in [-0.2, -0.15) is 0 Å². The Kier molecular flexibility index (Phi) is 7.50. The molecule has 0 fully saturated rings. The fourth-order valence-corrected chi connectivity index (χ4v) is 0.881. The first-order valence-corrected chi connectivity index (χ1v) is 4.52. The minimum absolute atomic E-state index is 0.193. The number of allylic oxidation sites excluding steroid dienone is 1. The molecule has 0 N–H and O–H groups in total. The summed E-state index contributed by atoms with van der Waals surface area (Å²) in [6, 6.07) is 0. The van der Waals surface area contributed by atoms with Crippen LogP contribution in [0.15, 0.2) is 12.2 Å². The summed E-state index contributed by atoms with van der Waals surface area (Å²) in [5.74, 6) is -0.542. The van der Waals surface area contributed by atoms with Gasteiger partial charge in [0.25, 0.3) is 0 Å². The van der Waals surface area contributed by atoms with Gasteiger partial charge in [-0.15, -0.1) is 0 Å². The Labute approximate surface area is 83.9 Å². The zero-order valence-electron chi connectivity index (χ0n) is 8.62. The highest BCUT2D eigenvalue weighted by atomic mass is 16.5. The fraction of sp³-hybridized carbons (Fsp3) is 0.600. The molecule has 0 atom stereocenters. The Bertz CT molecular complexity index is 208. The molecular weight excluding hydrogens is 184 g/mol. The summed E-state index contributed by atoms with van der Waals surface area (Å²) in [6.45, 7) is 0. The third-order valence-electron chi connectivity index (χ3n) is 1.68. The molecule has 0 spiro atoms. The van der Waals surface area contributed by atoms with E-state index in [2.05, 4.69) is 9.47 Å². The molecule has 0 saturated heterocycles. The minimum Gasteiger partial charge on any atom is -0.469 e. The topological polar surface area (TPSA) is 52.6 Å². The highest BCUT2D eigenvalue weighted by molar-refractivity contribution is 5.81. The van der Waals surface area contributed by atoms with Gasteiger partial charge >= 0.3 is 11.9 Å². The van der Waals surface area contributed by atoms with Gasteiger partial charge in [-0.3, -0.25) is 4.79 Å². The van der Waals surface area contributed by atoms with Gasteiger partial charge in [0.2, 0.25) is 0 Å². The van der Waals surface area contributed by atoms with Gasteiger partial charge in [-0.25, -0.2) is 4.79 Å². The molecule has 0 aromatic heterocycles. The lowest BCUT2D eigenvalue weighted by molar-refractivity contribution is -0.140. The van der Waals surface area contributed by atoms with Crippen molar-refractivity contribution in [1.82, 2.24) is 0 Å². The van der Waals surface area contributed by atoms with Crippen LogP contribution in [0.5, 0.6) is 0 Å². The summed E-state index contributed by atoms with van der Waals surface area (Å²) in [6.07, 6.45) is 5.97. The van der Waals surface area contributed by atoms with Gasteiger partial charge in [0.15, 0.2) is 0 Å².